The van der Waals surface area contributed by atoms with Crippen molar-refractivity contribution in [3.63, 3.8) is 0 Å². The molecular weight excluding hydrogens is 274 g/mol. The Morgan fingerprint density at radius 1 is 1.30 bits per heavy atom. The van der Waals surface area contributed by atoms with E-state index in [1.807, 2.05) is 23.9 Å². The number of carbonyl (C=O) groups excluding carboxylic acids is 1. The second-order valence-corrected chi connectivity index (χ2v) is 6.65. The highest BCUT2D eigenvalue weighted by Gasteiger charge is 2.48. The molecule has 1 fully saturated rings. The highest BCUT2D eigenvalue weighted by atomic mass is 32.2. The van der Waals surface area contributed by atoms with E-state index in [0.29, 0.717) is 13.0 Å². The van der Waals surface area contributed by atoms with Crippen molar-refractivity contribution < 1.29 is 14.7 Å². The normalized spacial score (nSPS) is 27.5. The molecule has 1 aliphatic carbocycles. The first-order chi connectivity index (χ1) is 9.66. The Kier molecular flexibility index (Phi) is 3.70. The van der Waals surface area contributed by atoms with Gasteiger partial charge in [-0.3, -0.25) is 9.59 Å². The highest BCUT2D eigenvalue weighted by Crippen LogP contribution is 2.39. The van der Waals surface area contributed by atoms with E-state index in [1.54, 1.807) is 0 Å². The lowest BCUT2D eigenvalue weighted by atomic mass is 10.0. The van der Waals surface area contributed by atoms with Gasteiger partial charge >= 0.3 is 5.97 Å². The van der Waals surface area contributed by atoms with Gasteiger partial charge in [0.15, 0.2) is 0 Å². The average Bonchev–Trinajstić information content (AvgIpc) is 3.25. The maximum atomic E-state index is 11.9. The monoisotopic (exact) mass is 291 g/mol. The van der Waals surface area contributed by atoms with Gasteiger partial charge in [-0.2, -0.15) is 11.8 Å². The molecule has 0 aromatic heterocycles. The largest absolute Gasteiger partial charge is 0.481 e. The van der Waals surface area contributed by atoms with E-state index in [-0.39, 0.29) is 17.1 Å². The van der Waals surface area contributed by atoms with Gasteiger partial charge in [0, 0.05) is 11.8 Å². The summed E-state index contributed by atoms with van der Waals surface area (Å²) in [5.41, 5.74) is 2.66. The molecule has 3 atom stereocenters. The molecule has 3 rings (SSSR count). The zero-order valence-corrected chi connectivity index (χ0v) is 11.9. The summed E-state index contributed by atoms with van der Waals surface area (Å²) >= 11 is 1.86. The number of aliphatic carboxylic acids is 1. The number of aryl methyl sites for hydroxylation is 1. The Hall–Kier alpha value is -1.49. The Labute approximate surface area is 121 Å². The van der Waals surface area contributed by atoms with Crippen LogP contribution in [-0.2, 0) is 16.0 Å². The molecule has 106 valence electrons. The number of carboxylic acids is 1. The van der Waals surface area contributed by atoms with Gasteiger partial charge in [0.25, 0.3) is 0 Å². The smallest absolute Gasteiger partial charge is 0.307 e. The number of hydrogen-bond acceptors (Lipinski definition) is 3. The van der Waals surface area contributed by atoms with Crippen LogP contribution >= 0.6 is 11.8 Å². The third-order valence-electron chi connectivity index (χ3n) is 4.00. The van der Waals surface area contributed by atoms with Crippen LogP contribution in [0.2, 0.25) is 0 Å². The van der Waals surface area contributed by atoms with Gasteiger partial charge in [-0.05, 0) is 29.7 Å². The van der Waals surface area contributed by atoms with Crippen LogP contribution in [0.4, 0.5) is 0 Å². The Bertz CT molecular complexity index is 546. The van der Waals surface area contributed by atoms with Gasteiger partial charge in [0.05, 0.1) is 11.8 Å². The van der Waals surface area contributed by atoms with Crippen molar-refractivity contribution in [1.29, 1.82) is 0 Å². The first-order valence-electron chi connectivity index (χ1n) is 6.86. The lowest BCUT2D eigenvalue weighted by Gasteiger charge is -2.25. The molecule has 0 bridgehead atoms. The second kappa shape index (κ2) is 5.48. The Morgan fingerprint density at radius 3 is 2.85 bits per heavy atom. The molecule has 1 aromatic carbocycles. The van der Waals surface area contributed by atoms with E-state index in [2.05, 4.69) is 17.4 Å². The highest BCUT2D eigenvalue weighted by molar-refractivity contribution is 7.99. The molecule has 20 heavy (non-hydrogen) atoms. The van der Waals surface area contributed by atoms with E-state index in [4.69, 9.17) is 5.11 Å². The van der Waals surface area contributed by atoms with E-state index in [0.717, 1.165) is 12.2 Å². The average molecular weight is 291 g/mol. The molecule has 2 aliphatic rings. The van der Waals surface area contributed by atoms with Crippen molar-refractivity contribution in [2.75, 3.05) is 12.3 Å². The molecule has 1 saturated carbocycles. The molecular formula is C15H17NO3S. The zero-order chi connectivity index (χ0) is 14.1. The maximum Gasteiger partial charge on any atom is 0.307 e. The number of rotatable bonds is 4. The van der Waals surface area contributed by atoms with Gasteiger partial charge in [-0.1, -0.05) is 24.3 Å². The van der Waals surface area contributed by atoms with Crippen LogP contribution in [0.1, 0.15) is 22.8 Å². The number of benzene rings is 1. The fourth-order valence-corrected chi connectivity index (χ4v) is 3.96. The topological polar surface area (TPSA) is 66.4 Å². The molecule has 0 spiro atoms. The van der Waals surface area contributed by atoms with Crippen LogP contribution in [0.3, 0.4) is 0 Å². The summed E-state index contributed by atoms with van der Waals surface area (Å²) in [5, 5.41) is 12.0. The van der Waals surface area contributed by atoms with Crippen molar-refractivity contribution in [2.45, 2.75) is 18.1 Å². The summed E-state index contributed by atoms with van der Waals surface area (Å²) in [6.07, 6.45) is 1.56. The molecule has 1 aromatic rings. The van der Waals surface area contributed by atoms with Crippen LogP contribution in [0.15, 0.2) is 24.3 Å². The van der Waals surface area contributed by atoms with E-state index >= 15 is 0 Å². The lowest BCUT2D eigenvalue weighted by molar-refractivity contribution is -0.140. The van der Waals surface area contributed by atoms with Gasteiger partial charge < -0.3 is 10.4 Å². The van der Waals surface area contributed by atoms with Gasteiger partial charge in [0.1, 0.15) is 0 Å². The Balaban J connectivity index is 1.57. The third kappa shape index (κ3) is 2.68. The van der Waals surface area contributed by atoms with Gasteiger partial charge in [0.2, 0.25) is 5.91 Å². The molecule has 0 saturated heterocycles. The molecule has 1 amide bonds. The van der Waals surface area contributed by atoms with Crippen molar-refractivity contribution in [2.24, 2.45) is 11.8 Å². The number of fused-ring (bicyclic) bond motifs is 1. The van der Waals surface area contributed by atoms with Crippen molar-refractivity contribution in [1.82, 2.24) is 5.32 Å². The van der Waals surface area contributed by atoms with Crippen LogP contribution in [0.5, 0.6) is 0 Å². The quantitative estimate of drug-likeness (QED) is 0.888. The summed E-state index contributed by atoms with van der Waals surface area (Å²) in [7, 11) is 0. The fraction of sp³-hybridized carbons (Fsp3) is 0.467. The first-order valence-corrected chi connectivity index (χ1v) is 7.91. The van der Waals surface area contributed by atoms with Crippen molar-refractivity contribution >= 4 is 23.6 Å². The number of amides is 1. The number of hydrogen-bond donors (Lipinski definition) is 2. The number of thioether (sulfide) groups is 1. The second-order valence-electron chi connectivity index (χ2n) is 5.34. The van der Waals surface area contributed by atoms with Crippen LogP contribution < -0.4 is 5.32 Å². The lowest BCUT2D eigenvalue weighted by Crippen LogP contribution is -2.31. The number of nitrogens with one attached hydrogen (secondary N) is 1. The SMILES string of the molecule is O=C(O)C1CC1C(=O)NCC1SCCc2ccccc21. The van der Waals surface area contributed by atoms with E-state index in [9.17, 15) is 9.59 Å². The van der Waals surface area contributed by atoms with Crippen LogP contribution in [-0.4, -0.2) is 29.3 Å². The minimum absolute atomic E-state index is 0.110. The molecule has 3 unspecified atom stereocenters. The Morgan fingerprint density at radius 2 is 2.10 bits per heavy atom. The predicted octanol–water partition coefficient (Wildman–Crippen LogP) is 1.85. The molecule has 1 aliphatic heterocycles. The molecule has 2 N–H and O–H groups in total. The zero-order valence-electron chi connectivity index (χ0n) is 11.0. The molecule has 1 heterocycles. The van der Waals surface area contributed by atoms with E-state index < -0.39 is 11.9 Å². The predicted molar refractivity (Wildman–Crippen MR) is 77.6 cm³/mol. The number of carbonyl (C=O) groups is 2. The number of carboxylic acid groups (broad SMARTS) is 1. The summed E-state index contributed by atoms with van der Waals surface area (Å²) in [6, 6.07) is 8.34. The van der Waals surface area contributed by atoms with Crippen LogP contribution in [0.25, 0.3) is 0 Å². The van der Waals surface area contributed by atoms with Crippen molar-refractivity contribution in [3.05, 3.63) is 35.4 Å². The van der Waals surface area contributed by atoms with Gasteiger partial charge in [-0.25, -0.2) is 0 Å². The van der Waals surface area contributed by atoms with Gasteiger partial charge in [-0.15, -0.1) is 0 Å². The minimum Gasteiger partial charge on any atom is -0.481 e. The van der Waals surface area contributed by atoms with E-state index in [1.165, 1.54) is 11.1 Å². The third-order valence-corrected chi connectivity index (χ3v) is 5.26. The minimum atomic E-state index is -0.859. The molecule has 0 radical (unpaired) electrons. The van der Waals surface area contributed by atoms with Crippen LogP contribution in [0, 0.1) is 11.8 Å². The standard InChI is InChI=1S/C15H17NO3S/c17-14(11-7-12(11)15(18)19)16-8-13-10-4-2-1-3-9(10)5-6-20-13/h1-4,11-13H,5-8H2,(H,16,17)(H,18,19). The summed E-state index contributed by atoms with van der Waals surface area (Å²) in [6.45, 7) is 0.587. The summed E-state index contributed by atoms with van der Waals surface area (Å²) in [4.78, 5) is 22.7. The van der Waals surface area contributed by atoms with Crippen molar-refractivity contribution in [3.8, 4) is 0 Å². The first kappa shape index (κ1) is 13.5. The summed E-state index contributed by atoms with van der Waals surface area (Å²) in [5.74, 6) is -0.695. The molecule has 4 nitrogen and oxygen atoms in total. The maximum absolute atomic E-state index is 11.9. The molecule has 5 heteroatoms. The fourth-order valence-electron chi connectivity index (χ4n) is 2.73. The summed E-state index contributed by atoms with van der Waals surface area (Å²) < 4.78 is 0.